The summed E-state index contributed by atoms with van der Waals surface area (Å²) in [6, 6.07) is 7.58. The minimum atomic E-state index is -0.0290. The predicted molar refractivity (Wildman–Crippen MR) is 101 cm³/mol. The van der Waals surface area contributed by atoms with E-state index in [0.29, 0.717) is 27.5 Å². The van der Waals surface area contributed by atoms with Crippen molar-refractivity contribution in [3.8, 4) is 0 Å². The number of aryl methyl sites for hydroxylation is 2. The highest BCUT2D eigenvalue weighted by molar-refractivity contribution is 7.99. The lowest BCUT2D eigenvalue weighted by atomic mass is 10.0. The number of hydrogen-bond donors (Lipinski definition) is 0. The van der Waals surface area contributed by atoms with Crippen LogP contribution in [0.3, 0.4) is 0 Å². The smallest absolute Gasteiger partial charge is 0.272 e. The molecule has 0 radical (unpaired) electrons. The van der Waals surface area contributed by atoms with E-state index in [1.165, 1.54) is 28.7 Å². The fraction of sp³-hybridized carbons (Fsp3) is 0.278. The summed E-state index contributed by atoms with van der Waals surface area (Å²) < 4.78 is 2.30. The Balaban J connectivity index is 1.86. The second-order valence-electron chi connectivity index (χ2n) is 5.59. The van der Waals surface area contributed by atoms with Crippen molar-refractivity contribution in [2.24, 2.45) is 0 Å². The van der Waals surface area contributed by atoms with Crippen LogP contribution in [0, 0.1) is 13.8 Å². The fourth-order valence-electron chi connectivity index (χ4n) is 2.44. The highest BCUT2D eigenvalue weighted by Crippen LogP contribution is 2.22. The first-order valence-electron chi connectivity index (χ1n) is 7.72. The molecular weight excluding hydrogens is 340 g/mol. The van der Waals surface area contributed by atoms with Crippen LogP contribution in [0.15, 0.2) is 39.6 Å². The molecule has 0 fully saturated rings. The first-order chi connectivity index (χ1) is 11.5. The van der Waals surface area contributed by atoms with Gasteiger partial charge in [0.25, 0.3) is 5.56 Å². The average Bonchev–Trinajstić information content (AvgIpc) is 3.04. The van der Waals surface area contributed by atoms with Crippen LogP contribution in [0.25, 0.3) is 10.2 Å². The molecule has 0 aliphatic heterocycles. The van der Waals surface area contributed by atoms with Gasteiger partial charge in [-0.15, -0.1) is 11.3 Å². The summed E-state index contributed by atoms with van der Waals surface area (Å²) >= 11 is 2.73. The predicted octanol–water partition coefficient (Wildman–Crippen LogP) is 4.07. The molecular formula is C18H18N2O2S2. The Morgan fingerprint density at radius 1 is 1.25 bits per heavy atom. The van der Waals surface area contributed by atoms with Crippen LogP contribution in [0.1, 0.15) is 28.4 Å². The van der Waals surface area contributed by atoms with E-state index in [4.69, 9.17) is 0 Å². The minimum absolute atomic E-state index is 0.0290. The number of ketones is 1. The third-order valence-corrected chi connectivity index (χ3v) is 5.88. The number of aromatic nitrogens is 2. The average molecular weight is 358 g/mol. The highest BCUT2D eigenvalue weighted by atomic mass is 32.2. The number of thiophene rings is 1. The zero-order valence-corrected chi connectivity index (χ0v) is 15.5. The summed E-state index contributed by atoms with van der Waals surface area (Å²) in [5.74, 6) is 0.315. The van der Waals surface area contributed by atoms with Crippen molar-refractivity contribution in [3.05, 3.63) is 56.7 Å². The van der Waals surface area contributed by atoms with Gasteiger partial charge < -0.3 is 0 Å². The number of carbonyl (C=O) groups is 1. The summed E-state index contributed by atoms with van der Waals surface area (Å²) in [6.07, 6.45) is 0. The van der Waals surface area contributed by atoms with Gasteiger partial charge in [0.1, 0.15) is 4.70 Å². The van der Waals surface area contributed by atoms with Gasteiger partial charge in [-0.2, -0.15) is 0 Å². The van der Waals surface area contributed by atoms with Gasteiger partial charge in [0.2, 0.25) is 0 Å². The van der Waals surface area contributed by atoms with Gasteiger partial charge in [0.05, 0.1) is 11.3 Å². The third-order valence-electron chi connectivity index (χ3n) is 4.01. The Labute approximate surface area is 148 Å². The zero-order chi connectivity index (χ0) is 17.3. The number of carbonyl (C=O) groups excluding carboxylic acids is 1. The van der Waals surface area contributed by atoms with Crippen LogP contribution in [-0.2, 0) is 6.54 Å². The molecule has 0 aliphatic rings. The van der Waals surface area contributed by atoms with Gasteiger partial charge in [0, 0.05) is 12.1 Å². The molecule has 24 heavy (non-hydrogen) atoms. The molecule has 3 aromatic rings. The minimum Gasteiger partial charge on any atom is -0.293 e. The normalized spacial score (nSPS) is 11.1. The Kier molecular flexibility index (Phi) is 4.87. The Morgan fingerprint density at radius 3 is 2.75 bits per heavy atom. The fourth-order valence-corrected chi connectivity index (χ4v) is 4.18. The summed E-state index contributed by atoms with van der Waals surface area (Å²) in [5, 5.41) is 2.47. The van der Waals surface area contributed by atoms with Crippen LogP contribution in [0.5, 0.6) is 0 Å². The number of benzene rings is 1. The first-order valence-corrected chi connectivity index (χ1v) is 9.59. The van der Waals surface area contributed by atoms with Crippen molar-refractivity contribution in [2.45, 2.75) is 32.5 Å². The van der Waals surface area contributed by atoms with E-state index in [1.807, 2.05) is 50.4 Å². The number of hydrogen-bond acceptors (Lipinski definition) is 5. The maximum absolute atomic E-state index is 12.5. The standard InChI is InChI=1S/C18H18N2O2S2/c1-4-20-17(22)16-14(7-8-23-16)19-18(20)24-10-15(21)13-6-5-11(2)12(3)9-13/h5-9H,4,10H2,1-3H3. The number of Topliss-reactive ketones (excluding diaryl/α,β-unsaturated/α-hetero) is 1. The number of fused-ring (bicyclic) bond motifs is 1. The SMILES string of the molecule is CCn1c(SCC(=O)c2ccc(C)c(C)c2)nc2ccsc2c1=O. The van der Waals surface area contributed by atoms with E-state index in [0.717, 1.165) is 5.56 Å². The lowest BCUT2D eigenvalue weighted by Gasteiger charge is -2.09. The maximum atomic E-state index is 12.5. The molecule has 124 valence electrons. The number of thioether (sulfide) groups is 1. The second kappa shape index (κ2) is 6.91. The quantitative estimate of drug-likeness (QED) is 0.392. The molecule has 0 saturated carbocycles. The highest BCUT2D eigenvalue weighted by Gasteiger charge is 2.14. The third kappa shape index (κ3) is 3.16. The second-order valence-corrected chi connectivity index (χ2v) is 7.45. The first kappa shape index (κ1) is 16.9. The van der Waals surface area contributed by atoms with Crippen LogP contribution >= 0.6 is 23.1 Å². The molecule has 0 aliphatic carbocycles. The van der Waals surface area contributed by atoms with Gasteiger partial charge >= 0.3 is 0 Å². The van der Waals surface area contributed by atoms with E-state index >= 15 is 0 Å². The molecule has 0 bridgehead atoms. The van der Waals surface area contributed by atoms with Crippen LogP contribution < -0.4 is 5.56 Å². The summed E-state index contributed by atoms with van der Waals surface area (Å²) in [4.78, 5) is 29.5. The molecule has 0 amide bonds. The topological polar surface area (TPSA) is 52.0 Å². The molecule has 3 rings (SSSR count). The number of rotatable bonds is 5. The van der Waals surface area contributed by atoms with Gasteiger partial charge in [-0.1, -0.05) is 23.9 Å². The Morgan fingerprint density at radius 2 is 2.04 bits per heavy atom. The van der Waals surface area contributed by atoms with Crippen molar-refractivity contribution in [2.75, 3.05) is 5.75 Å². The van der Waals surface area contributed by atoms with Crippen molar-refractivity contribution in [1.82, 2.24) is 9.55 Å². The van der Waals surface area contributed by atoms with Crippen molar-refractivity contribution >= 4 is 39.1 Å². The van der Waals surface area contributed by atoms with Crippen molar-refractivity contribution < 1.29 is 4.79 Å². The molecule has 0 spiro atoms. The molecule has 6 heteroatoms. The summed E-state index contributed by atoms with van der Waals surface area (Å²) in [6.45, 7) is 6.48. The maximum Gasteiger partial charge on any atom is 0.272 e. The van der Waals surface area contributed by atoms with E-state index in [1.54, 1.807) is 4.57 Å². The van der Waals surface area contributed by atoms with Crippen molar-refractivity contribution in [3.63, 3.8) is 0 Å². The monoisotopic (exact) mass is 358 g/mol. The molecule has 1 aromatic carbocycles. The lowest BCUT2D eigenvalue weighted by molar-refractivity contribution is 0.102. The molecule has 2 aromatic heterocycles. The van der Waals surface area contributed by atoms with Crippen LogP contribution in [-0.4, -0.2) is 21.1 Å². The lowest BCUT2D eigenvalue weighted by Crippen LogP contribution is -2.22. The van der Waals surface area contributed by atoms with Crippen LogP contribution in [0.4, 0.5) is 0 Å². The van der Waals surface area contributed by atoms with E-state index in [2.05, 4.69) is 4.98 Å². The van der Waals surface area contributed by atoms with Crippen molar-refractivity contribution in [1.29, 1.82) is 0 Å². The number of nitrogens with zero attached hydrogens (tertiary/aromatic N) is 2. The van der Waals surface area contributed by atoms with Gasteiger partial charge in [-0.25, -0.2) is 4.98 Å². The van der Waals surface area contributed by atoms with Gasteiger partial charge in [-0.3, -0.25) is 14.2 Å². The molecule has 0 unspecified atom stereocenters. The molecule has 0 atom stereocenters. The van der Waals surface area contributed by atoms with Gasteiger partial charge in [-0.05, 0) is 49.4 Å². The zero-order valence-electron chi connectivity index (χ0n) is 13.8. The van der Waals surface area contributed by atoms with E-state index in [-0.39, 0.29) is 17.1 Å². The molecule has 2 heterocycles. The van der Waals surface area contributed by atoms with Gasteiger partial charge in [0.15, 0.2) is 10.9 Å². The molecule has 4 nitrogen and oxygen atoms in total. The molecule has 0 N–H and O–H groups in total. The summed E-state index contributed by atoms with van der Waals surface area (Å²) in [5.41, 5.74) is 3.65. The Hall–Kier alpha value is -1.92. The van der Waals surface area contributed by atoms with E-state index < -0.39 is 0 Å². The largest absolute Gasteiger partial charge is 0.293 e. The van der Waals surface area contributed by atoms with E-state index in [9.17, 15) is 9.59 Å². The Bertz CT molecular complexity index is 973. The summed E-state index contributed by atoms with van der Waals surface area (Å²) in [7, 11) is 0. The molecule has 0 saturated heterocycles. The van der Waals surface area contributed by atoms with Crippen LogP contribution in [0.2, 0.25) is 0 Å².